The number of benzene rings is 2. The van der Waals surface area contributed by atoms with Gasteiger partial charge < -0.3 is 10.1 Å². The van der Waals surface area contributed by atoms with Crippen LogP contribution in [-0.4, -0.2) is 37.4 Å². The fraction of sp³-hybridized carbons (Fsp3) is 0.292. The molecular formula is C24H23F4N5O2. The highest BCUT2D eigenvalue weighted by atomic mass is 19.3. The second-order valence-corrected chi connectivity index (χ2v) is 8.27. The van der Waals surface area contributed by atoms with Crippen molar-refractivity contribution in [3.05, 3.63) is 72.2 Å². The van der Waals surface area contributed by atoms with Crippen molar-refractivity contribution in [3.63, 3.8) is 0 Å². The summed E-state index contributed by atoms with van der Waals surface area (Å²) in [5, 5.41) is 11.4. The first-order chi connectivity index (χ1) is 16.5. The number of amides is 1. The summed E-state index contributed by atoms with van der Waals surface area (Å²) in [7, 11) is 1.79. The molecule has 35 heavy (non-hydrogen) atoms. The third-order valence-corrected chi connectivity index (χ3v) is 5.47. The molecule has 2 aromatic carbocycles. The van der Waals surface area contributed by atoms with E-state index in [9.17, 15) is 22.4 Å². The van der Waals surface area contributed by atoms with E-state index in [1.807, 2.05) is 0 Å². The number of hydrogen-bond donors (Lipinski definition) is 1. The van der Waals surface area contributed by atoms with Crippen molar-refractivity contribution in [1.29, 1.82) is 0 Å². The molecule has 184 valence electrons. The Bertz CT molecular complexity index is 1340. The Morgan fingerprint density at radius 3 is 2.43 bits per heavy atom. The fourth-order valence-electron chi connectivity index (χ4n) is 3.76. The Kier molecular flexibility index (Phi) is 6.51. The summed E-state index contributed by atoms with van der Waals surface area (Å²) in [6, 6.07) is 6.83. The predicted octanol–water partition coefficient (Wildman–Crippen LogP) is 4.71. The lowest BCUT2D eigenvalue weighted by Crippen LogP contribution is -2.47. The number of nitrogens with one attached hydrogen (secondary N) is 1. The van der Waals surface area contributed by atoms with E-state index in [0.29, 0.717) is 24.1 Å². The minimum atomic E-state index is -3.63. The van der Waals surface area contributed by atoms with Crippen LogP contribution >= 0.6 is 0 Å². The number of alkyl halides is 2. The molecule has 2 aromatic heterocycles. The molecule has 1 amide bonds. The first-order valence-electron chi connectivity index (χ1n) is 10.8. The van der Waals surface area contributed by atoms with Crippen LogP contribution < -0.4 is 10.1 Å². The summed E-state index contributed by atoms with van der Waals surface area (Å²) < 4.78 is 64.5. The van der Waals surface area contributed by atoms with Crippen LogP contribution in [0, 0.1) is 11.6 Å². The first-order valence-corrected chi connectivity index (χ1v) is 10.8. The smallest absolute Gasteiger partial charge is 0.321 e. The van der Waals surface area contributed by atoms with Crippen molar-refractivity contribution < 1.29 is 27.1 Å². The maximum absolute atomic E-state index is 14.0. The van der Waals surface area contributed by atoms with Crippen LogP contribution in [0.3, 0.4) is 0 Å². The van der Waals surface area contributed by atoms with E-state index in [4.69, 9.17) is 4.74 Å². The Balaban J connectivity index is 1.70. The number of hydrogen-bond acceptors (Lipinski definition) is 4. The average molecular weight is 489 g/mol. The summed E-state index contributed by atoms with van der Waals surface area (Å²) >= 11 is 0. The topological polar surface area (TPSA) is 74.0 Å². The Morgan fingerprint density at radius 1 is 1.11 bits per heavy atom. The van der Waals surface area contributed by atoms with Gasteiger partial charge in [0, 0.05) is 31.0 Å². The molecule has 0 saturated heterocycles. The van der Waals surface area contributed by atoms with Crippen LogP contribution in [0.5, 0.6) is 5.75 Å². The Hall–Kier alpha value is -3.89. The lowest BCUT2D eigenvalue weighted by Gasteiger charge is -2.29. The zero-order valence-electron chi connectivity index (χ0n) is 19.2. The standard InChI is InChI=1S/C24H23F4N5O2/c1-4-20(31-23(34)24(2,27)28)22(14-7-16(25)10-17(26)8-14)35-19-5-6-21-15(9-19)11-30-33(21)18-12-29-32(3)13-18/h5-13,20,22H,4H2,1-3H3,(H,31,34)/t20-,22+/m0/s1. The number of rotatable bonds is 8. The van der Waals surface area contributed by atoms with Gasteiger partial charge in [0.1, 0.15) is 29.2 Å². The highest BCUT2D eigenvalue weighted by Gasteiger charge is 2.36. The highest BCUT2D eigenvalue weighted by Crippen LogP contribution is 2.31. The molecule has 0 bridgehead atoms. The quantitative estimate of drug-likeness (QED) is 0.364. The summed E-state index contributed by atoms with van der Waals surface area (Å²) in [6.45, 7) is 2.12. The number of aryl methyl sites for hydroxylation is 1. The lowest BCUT2D eigenvalue weighted by atomic mass is 9.99. The van der Waals surface area contributed by atoms with E-state index in [-0.39, 0.29) is 12.0 Å². The van der Waals surface area contributed by atoms with Gasteiger partial charge in [0.05, 0.1) is 30.1 Å². The predicted molar refractivity (Wildman–Crippen MR) is 120 cm³/mol. The van der Waals surface area contributed by atoms with Gasteiger partial charge in [-0.1, -0.05) is 6.92 Å². The van der Waals surface area contributed by atoms with Crippen molar-refractivity contribution in [2.24, 2.45) is 7.05 Å². The lowest BCUT2D eigenvalue weighted by molar-refractivity contribution is -0.144. The second-order valence-electron chi connectivity index (χ2n) is 8.27. The normalized spacial score (nSPS) is 13.6. The molecular weight excluding hydrogens is 466 g/mol. The van der Waals surface area contributed by atoms with E-state index in [2.05, 4.69) is 15.5 Å². The van der Waals surface area contributed by atoms with Crippen molar-refractivity contribution in [1.82, 2.24) is 24.9 Å². The number of aromatic nitrogens is 4. The van der Waals surface area contributed by atoms with Crippen molar-refractivity contribution in [2.45, 2.75) is 38.3 Å². The van der Waals surface area contributed by atoms with E-state index in [0.717, 1.165) is 23.3 Å². The van der Waals surface area contributed by atoms with Gasteiger partial charge in [-0.3, -0.25) is 9.48 Å². The molecule has 11 heteroatoms. The van der Waals surface area contributed by atoms with Crippen molar-refractivity contribution >= 4 is 16.8 Å². The number of ether oxygens (including phenoxy) is 1. The molecule has 0 saturated carbocycles. The van der Waals surface area contributed by atoms with Gasteiger partial charge in [-0.2, -0.15) is 19.0 Å². The van der Waals surface area contributed by atoms with Crippen LogP contribution in [0.2, 0.25) is 0 Å². The third kappa shape index (κ3) is 5.28. The molecule has 0 fully saturated rings. The van der Waals surface area contributed by atoms with Gasteiger partial charge in [0.2, 0.25) is 0 Å². The Morgan fingerprint density at radius 2 is 1.83 bits per heavy atom. The molecule has 0 spiro atoms. The van der Waals surface area contributed by atoms with Gasteiger partial charge in [0.15, 0.2) is 0 Å². The molecule has 2 atom stereocenters. The van der Waals surface area contributed by atoms with Crippen molar-refractivity contribution in [3.8, 4) is 11.4 Å². The SMILES string of the molecule is CC[C@H](NC(=O)C(C)(F)F)[C@H](Oc1ccc2c(cnn2-c2cnn(C)c2)c1)c1cc(F)cc(F)c1. The van der Waals surface area contributed by atoms with Crippen LogP contribution in [0.15, 0.2) is 55.0 Å². The molecule has 0 aliphatic carbocycles. The van der Waals surface area contributed by atoms with Crippen LogP contribution in [0.25, 0.3) is 16.6 Å². The number of fused-ring (bicyclic) bond motifs is 1. The zero-order valence-corrected chi connectivity index (χ0v) is 19.2. The number of carbonyl (C=O) groups is 1. The van der Waals surface area contributed by atoms with Gasteiger partial charge >= 0.3 is 5.92 Å². The fourth-order valence-corrected chi connectivity index (χ4v) is 3.76. The molecule has 0 aliphatic rings. The van der Waals surface area contributed by atoms with Crippen LogP contribution in [-0.2, 0) is 11.8 Å². The summed E-state index contributed by atoms with van der Waals surface area (Å²) in [5.74, 6) is -6.56. The van der Waals surface area contributed by atoms with Gasteiger partial charge in [-0.05, 0) is 36.8 Å². The van der Waals surface area contributed by atoms with E-state index in [1.54, 1.807) is 60.1 Å². The number of carbonyl (C=O) groups excluding carboxylic acids is 1. The third-order valence-electron chi connectivity index (χ3n) is 5.47. The second kappa shape index (κ2) is 9.40. The zero-order chi connectivity index (χ0) is 25.3. The van der Waals surface area contributed by atoms with Gasteiger partial charge in [0.25, 0.3) is 5.91 Å². The molecule has 4 aromatic rings. The average Bonchev–Trinajstić information content (AvgIpc) is 3.40. The monoisotopic (exact) mass is 489 g/mol. The molecule has 0 radical (unpaired) electrons. The Labute approximate surface area is 198 Å². The minimum absolute atomic E-state index is 0.0558. The summed E-state index contributed by atoms with van der Waals surface area (Å²) in [5.41, 5.74) is 1.56. The van der Waals surface area contributed by atoms with Gasteiger partial charge in [-0.25, -0.2) is 13.5 Å². The number of nitrogens with zero attached hydrogens (tertiary/aromatic N) is 4. The maximum Gasteiger partial charge on any atom is 0.321 e. The largest absolute Gasteiger partial charge is 0.484 e. The molecule has 0 unspecified atom stereocenters. The summed E-state index contributed by atoms with van der Waals surface area (Å²) in [4.78, 5) is 12.0. The maximum atomic E-state index is 14.0. The van der Waals surface area contributed by atoms with Crippen LogP contribution in [0.1, 0.15) is 31.9 Å². The van der Waals surface area contributed by atoms with E-state index < -0.39 is 35.6 Å². The summed E-state index contributed by atoms with van der Waals surface area (Å²) in [6.07, 6.45) is 4.07. The molecule has 0 aliphatic heterocycles. The molecule has 2 heterocycles. The number of halogens is 4. The first kappa shape index (κ1) is 24.2. The molecule has 4 rings (SSSR count). The van der Waals surface area contributed by atoms with E-state index in [1.165, 1.54) is 0 Å². The van der Waals surface area contributed by atoms with E-state index >= 15 is 0 Å². The highest BCUT2D eigenvalue weighted by molar-refractivity contribution is 5.83. The minimum Gasteiger partial charge on any atom is -0.484 e. The van der Waals surface area contributed by atoms with Crippen LogP contribution in [0.4, 0.5) is 17.6 Å². The molecule has 1 N–H and O–H groups in total. The van der Waals surface area contributed by atoms with Crippen molar-refractivity contribution in [2.75, 3.05) is 0 Å². The van der Waals surface area contributed by atoms with Gasteiger partial charge in [-0.15, -0.1) is 0 Å². The molecule has 7 nitrogen and oxygen atoms in total.